The quantitative estimate of drug-likeness (QED) is 0.456. The van der Waals surface area contributed by atoms with E-state index in [1.807, 2.05) is 0 Å². The minimum absolute atomic E-state index is 0.0389. The molecule has 25 heavy (non-hydrogen) atoms. The van der Waals surface area contributed by atoms with Gasteiger partial charge in [-0.1, -0.05) is 11.2 Å². The molecule has 3 rings (SSSR count). The molecule has 1 amide bonds. The van der Waals surface area contributed by atoms with Crippen LogP contribution in [0, 0.1) is 11.6 Å². The minimum Gasteiger partial charge on any atom is -0.444 e. The Kier molecular flexibility index (Phi) is 5.11. The number of benzene rings is 1. The second-order valence-electron chi connectivity index (χ2n) is 5.20. The van der Waals surface area contributed by atoms with Gasteiger partial charge in [-0.25, -0.2) is 13.6 Å². The lowest BCUT2D eigenvalue weighted by Gasteiger charge is -2.19. The monoisotopic (exact) mass is 365 g/mol. The van der Waals surface area contributed by atoms with E-state index >= 15 is 0 Å². The Morgan fingerprint density at radius 2 is 2.12 bits per heavy atom. The van der Waals surface area contributed by atoms with Gasteiger partial charge in [0.1, 0.15) is 11.8 Å². The topological polar surface area (TPSA) is 81.5 Å². The molecular formula is C15H13F2N5O2S. The molecule has 0 bridgehead atoms. The number of cyclic esters (lactones) is 1. The van der Waals surface area contributed by atoms with Gasteiger partial charge in [0.2, 0.25) is 0 Å². The van der Waals surface area contributed by atoms with Crippen LogP contribution in [0.3, 0.4) is 0 Å². The van der Waals surface area contributed by atoms with Gasteiger partial charge in [0, 0.05) is 35.2 Å². The van der Waals surface area contributed by atoms with Crippen molar-refractivity contribution in [3.8, 4) is 0 Å². The number of hydrogen-bond acceptors (Lipinski definition) is 5. The molecule has 1 saturated heterocycles. The molecule has 2 aliphatic heterocycles. The van der Waals surface area contributed by atoms with Crippen molar-refractivity contribution in [2.24, 2.45) is 5.11 Å². The van der Waals surface area contributed by atoms with E-state index in [-0.39, 0.29) is 24.5 Å². The highest BCUT2D eigenvalue weighted by Gasteiger charge is 2.33. The highest BCUT2D eigenvalue weighted by Crippen LogP contribution is 2.32. The van der Waals surface area contributed by atoms with Crippen LogP contribution in [0.25, 0.3) is 10.4 Å². The summed E-state index contributed by atoms with van der Waals surface area (Å²) in [6, 6.07) is 2.16. The van der Waals surface area contributed by atoms with E-state index in [1.165, 1.54) is 16.7 Å². The maximum atomic E-state index is 14.5. The maximum Gasteiger partial charge on any atom is 0.414 e. The van der Waals surface area contributed by atoms with Gasteiger partial charge in [-0.15, -0.1) is 11.8 Å². The molecule has 1 aromatic carbocycles. The third-order valence-corrected chi connectivity index (χ3v) is 4.27. The molecule has 0 radical (unpaired) electrons. The van der Waals surface area contributed by atoms with Gasteiger partial charge in [-0.3, -0.25) is 4.90 Å². The number of anilines is 2. The second kappa shape index (κ2) is 7.45. The summed E-state index contributed by atoms with van der Waals surface area (Å²) < 4.78 is 34.0. The summed E-state index contributed by atoms with van der Waals surface area (Å²) in [6.45, 7) is 0.0130. The summed E-state index contributed by atoms with van der Waals surface area (Å²) >= 11 is 1.50. The van der Waals surface area contributed by atoms with E-state index in [0.29, 0.717) is 5.75 Å². The van der Waals surface area contributed by atoms with Crippen LogP contribution >= 0.6 is 11.8 Å². The van der Waals surface area contributed by atoms with Gasteiger partial charge in [0.05, 0.1) is 18.8 Å². The Hall–Kier alpha value is -2.71. The number of carbonyl (C=O) groups is 1. The number of amides is 1. The van der Waals surface area contributed by atoms with Crippen molar-refractivity contribution in [3.05, 3.63) is 58.1 Å². The smallest absolute Gasteiger partial charge is 0.414 e. The SMILES string of the molecule is [N-]=[N+]=NC[C@H]1CN(c2cc(F)c(N3C=CCSC=C3)c(F)c2)C(=O)O1. The molecule has 0 saturated carbocycles. The normalized spacial score (nSPS) is 19.6. The molecule has 10 heteroatoms. The van der Waals surface area contributed by atoms with Crippen molar-refractivity contribution in [2.75, 3.05) is 28.6 Å². The Morgan fingerprint density at radius 3 is 2.84 bits per heavy atom. The summed E-state index contributed by atoms with van der Waals surface area (Å²) in [5.41, 5.74) is 8.13. The third-order valence-electron chi connectivity index (χ3n) is 3.57. The van der Waals surface area contributed by atoms with Gasteiger partial charge in [-0.05, 0) is 10.9 Å². The number of thioether (sulfide) groups is 1. The van der Waals surface area contributed by atoms with Gasteiger partial charge >= 0.3 is 6.09 Å². The highest BCUT2D eigenvalue weighted by molar-refractivity contribution is 8.02. The molecule has 1 fully saturated rings. The van der Waals surface area contributed by atoms with E-state index in [0.717, 1.165) is 17.0 Å². The minimum atomic E-state index is -0.803. The summed E-state index contributed by atoms with van der Waals surface area (Å²) in [5, 5.41) is 5.08. The molecule has 0 aromatic heterocycles. The molecule has 130 valence electrons. The van der Waals surface area contributed by atoms with Crippen LogP contribution in [0.5, 0.6) is 0 Å². The highest BCUT2D eigenvalue weighted by atomic mass is 32.2. The molecule has 0 N–H and O–H groups in total. The molecular weight excluding hydrogens is 352 g/mol. The lowest BCUT2D eigenvalue weighted by molar-refractivity contribution is 0.145. The zero-order chi connectivity index (χ0) is 17.8. The molecule has 7 nitrogen and oxygen atoms in total. The molecule has 0 unspecified atom stereocenters. The van der Waals surface area contributed by atoms with Crippen LogP contribution < -0.4 is 9.80 Å². The Labute approximate surface area is 146 Å². The maximum absolute atomic E-state index is 14.5. The van der Waals surface area contributed by atoms with Crippen LogP contribution in [-0.4, -0.2) is 31.0 Å². The predicted octanol–water partition coefficient (Wildman–Crippen LogP) is 4.14. The average Bonchev–Trinajstić information content (AvgIpc) is 2.77. The number of halogens is 2. The zero-order valence-corrected chi connectivity index (χ0v) is 13.7. The summed E-state index contributed by atoms with van der Waals surface area (Å²) in [4.78, 5) is 16.9. The predicted molar refractivity (Wildman–Crippen MR) is 91.2 cm³/mol. The fourth-order valence-corrected chi connectivity index (χ4v) is 3.01. The number of ether oxygens (including phenoxy) is 1. The van der Waals surface area contributed by atoms with Gasteiger partial charge in [0.25, 0.3) is 0 Å². The summed E-state index contributed by atoms with van der Waals surface area (Å²) in [5.74, 6) is -0.898. The molecule has 2 heterocycles. The van der Waals surface area contributed by atoms with Crippen LogP contribution in [-0.2, 0) is 4.74 Å². The Balaban J connectivity index is 1.87. The van der Waals surface area contributed by atoms with E-state index < -0.39 is 23.8 Å². The first kappa shape index (κ1) is 17.1. The van der Waals surface area contributed by atoms with E-state index in [9.17, 15) is 13.6 Å². The summed E-state index contributed by atoms with van der Waals surface area (Å²) in [6.07, 6.45) is 3.54. The molecule has 0 aliphatic carbocycles. The molecule has 1 atom stereocenters. The number of hydrogen-bond donors (Lipinski definition) is 0. The first-order valence-corrected chi connectivity index (χ1v) is 8.36. The third kappa shape index (κ3) is 3.70. The van der Waals surface area contributed by atoms with E-state index in [1.54, 1.807) is 23.9 Å². The lowest BCUT2D eigenvalue weighted by Crippen LogP contribution is -2.25. The fourth-order valence-electron chi connectivity index (χ4n) is 2.48. The zero-order valence-electron chi connectivity index (χ0n) is 12.9. The van der Waals surface area contributed by atoms with Crippen molar-refractivity contribution < 1.29 is 18.3 Å². The van der Waals surface area contributed by atoms with E-state index in [4.69, 9.17) is 10.3 Å². The number of rotatable bonds is 4. The van der Waals surface area contributed by atoms with Crippen molar-refractivity contribution in [1.29, 1.82) is 0 Å². The van der Waals surface area contributed by atoms with Crippen molar-refractivity contribution in [2.45, 2.75) is 6.10 Å². The first-order valence-electron chi connectivity index (χ1n) is 7.31. The summed E-state index contributed by atoms with van der Waals surface area (Å²) in [7, 11) is 0. The van der Waals surface area contributed by atoms with Crippen molar-refractivity contribution in [1.82, 2.24) is 0 Å². The van der Waals surface area contributed by atoms with Gasteiger partial charge in [-0.2, -0.15) is 0 Å². The lowest BCUT2D eigenvalue weighted by atomic mass is 10.2. The van der Waals surface area contributed by atoms with Gasteiger partial charge < -0.3 is 9.64 Å². The van der Waals surface area contributed by atoms with Crippen molar-refractivity contribution >= 4 is 29.2 Å². The number of nitrogens with zero attached hydrogens (tertiary/aromatic N) is 5. The number of azide groups is 1. The largest absolute Gasteiger partial charge is 0.444 e. The Morgan fingerprint density at radius 1 is 1.36 bits per heavy atom. The molecule has 1 aromatic rings. The van der Waals surface area contributed by atoms with Crippen LogP contribution in [0.1, 0.15) is 0 Å². The van der Waals surface area contributed by atoms with E-state index in [2.05, 4.69) is 10.0 Å². The van der Waals surface area contributed by atoms with Crippen LogP contribution in [0.2, 0.25) is 0 Å². The standard InChI is InChI=1S/C15H13F2N5O2S/c16-12-6-10(22-9-11(8-19-20-18)24-15(22)23)7-13(17)14(12)21-2-1-4-25-5-3-21/h1-3,5-7,11H,4,8-9H2/t11-/m0/s1. The Bertz CT molecular complexity index is 757. The second-order valence-corrected chi connectivity index (χ2v) is 6.14. The average molecular weight is 365 g/mol. The van der Waals surface area contributed by atoms with Crippen molar-refractivity contribution in [3.63, 3.8) is 0 Å². The van der Waals surface area contributed by atoms with Gasteiger partial charge in [0.15, 0.2) is 11.6 Å². The van der Waals surface area contributed by atoms with Crippen LogP contribution in [0.4, 0.5) is 25.0 Å². The first-order chi connectivity index (χ1) is 12.1. The number of carbonyl (C=O) groups excluding carboxylic acids is 1. The fraction of sp³-hybridized carbons (Fsp3) is 0.267. The molecule has 2 aliphatic rings. The van der Waals surface area contributed by atoms with Crippen LogP contribution in [0.15, 0.2) is 41.1 Å². The molecule has 0 spiro atoms.